The molecule has 0 atom stereocenters. The summed E-state index contributed by atoms with van der Waals surface area (Å²) in [6.07, 6.45) is 0.876. The lowest BCUT2D eigenvalue weighted by molar-refractivity contribution is -0.121. The van der Waals surface area contributed by atoms with Crippen molar-refractivity contribution in [3.8, 4) is 0 Å². The van der Waals surface area contributed by atoms with Gasteiger partial charge in [-0.2, -0.15) is 4.31 Å². The highest BCUT2D eigenvalue weighted by Crippen LogP contribution is 2.12. The molecular formula is C14H22N2O3S. The summed E-state index contributed by atoms with van der Waals surface area (Å²) in [5.41, 5.74) is 0. The van der Waals surface area contributed by atoms with E-state index in [4.69, 9.17) is 0 Å². The Morgan fingerprint density at radius 3 is 2.40 bits per heavy atom. The van der Waals surface area contributed by atoms with Crippen molar-refractivity contribution >= 4 is 15.9 Å². The summed E-state index contributed by atoms with van der Waals surface area (Å²) in [4.78, 5) is 11.9. The molecule has 0 fully saturated rings. The molecule has 0 aliphatic rings. The van der Waals surface area contributed by atoms with Gasteiger partial charge in [0.15, 0.2) is 0 Å². The fraction of sp³-hybridized carbons (Fsp3) is 0.500. The average molecular weight is 298 g/mol. The molecule has 0 saturated heterocycles. The van der Waals surface area contributed by atoms with E-state index in [1.807, 2.05) is 0 Å². The summed E-state index contributed by atoms with van der Waals surface area (Å²) < 4.78 is 25.5. The van der Waals surface area contributed by atoms with Crippen molar-refractivity contribution in [2.24, 2.45) is 5.92 Å². The van der Waals surface area contributed by atoms with Gasteiger partial charge in [-0.25, -0.2) is 8.42 Å². The topological polar surface area (TPSA) is 66.5 Å². The maximum Gasteiger partial charge on any atom is 0.243 e. The van der Waals surface area contributed by atoms with E-state index < -0.39 is 10.0 Å². The molecule has 0 heterocycles. The molecule has 0 saturated carbocycles. The highest BCUT2D eigenvalue weighted by Gasteiger charge is 2.22. The number of carbonyl (C=O) groups excluding carboxylic acids is 1. The molecule has 1 rings (SSSR count). The second-order valence-corrected chi connectivity index (χ2v) is 7.15. The van der Waals surface area contributed by atoms with Crippen LogP contribution in [0, 0.1) is 5.92 Å². The van der Waals surface area contributed by atoms with Crippen LogP contribution in [0.1, 0.15) is 20.3 Å². The zero-order valence-electron chi connectivity index (χ0n) is 12.2. The van der Waals surface area contributed by atoms with Crippen LogP contribution in [0.15, 0.2) is 35.2 Å². The molecule has 0 bridgehead atoms. The van der Waals surface area contributed by atoms with E-state index in [-0.39, 0.29) is 17.3 Å². The van der Waals surface area contributed by atoms with Crippen LogP contribution < -0.4 is 5.32 Å². The Labute approximate surface area is 121 Å². The van der Waals surface area contributed by atoms with Gasteiger partial charge in [0.2, 0.25) is 15.9 Å². The molecule has 5 nitrogen and oxygen atoms in total. The van der Waals surface area contributed by atoms with Gasteiger partial charge in [-0.15, -0.1) is 0 Å². The Bertz CT molecular complexity index is 527. The lowest BCUT2D eigenvalue weighted by Crippen LogP contribution is -2.38. The number of likely N-dealkylation sites (N-methyl/N-ethyl adjacent to an activating group) is 1. The van der Waals surface area contributed by atoms with Crippen molar-refractivity contribution < 1.29 is 13.2 Å². The number of sulfonamides is 1. The first kappa shape index (κ1) is 16.7. The van der Waals surface area contributed by atoms with Crippen LogP contribution in [-0.4, -0.2) is 38.8 Å². The van der Waals surface area contributed by atoms with E-state index >= 15 is 0 Å². The molecule has 1 aromatic carbocycles. The van der Waals surface area contributed by atoms with Gasteiger partial charge in [0.05, 0.1) is 11.4 Å². The van der Waals surface area contributed by atoms with Crippen LogP contribution in [-0.2, 0) is 14.8 Å². The Morgan fingerprint density at radius 1 is 1.25 bits per heavy atom. The van der Waals surface area contributed by atoms with Gasteiger partial charge in [-0.05, 0) is 24.5 Å². The third kappa shape index (κ3) is 4.94. The molecule has 112 valence electrons. The van der Waals surface area contributed by atoms with Crippen LogP contribution >= 0.6 is 0 Å². The second-order valence-electron chi connectivity index (χ2n) is 5.11. The normalized spacial score (nSPS) is 11.8. The minimum Gasteiger partial charge on any atom is -0.355 e. The van der Waals surface area contributed by atoms with Crippen LogP contribution in [0.3, 0.4) is 0 Å². The minimum absolute atomic E-state index is 0.171. The Balaban J connectivity index is 2.58. The van der Waals surface area contributed by atoms with Crippen molar-refractivity contribution in [3.05, 3.63) is 30.3 Å². The molecule has 0 spiro atoms. The average Bonchev–Trinajstić information content (AvgIpc) is 2.39. The standard InChI is InChI=1S/C14H22N2O3S/c1-12(2)9-10-15-14(17)11-16(3)20(18,19)13-7-5-4-6-8-13/h4-8,12H,9-11H2,1-3H3,(H,15,17). The van der Waals surface area contributed by atoms with E-state index in [1.54, 1.807) is 18.2 Å². The number of hydrogen-bond acceptors (Lipinski definition) is 3. The molecule has 0 radical (unpaired) electrons. The van der Waals surface area contributed by atoms with Crippen molar-refractivity contribution in [3.63, 3.8) is 0 Å². The summed E-state index contributed by atoms with van der Waals surface area (Å²) >= 11 is 0. The largest absolute Gasteiger partial charge is 0.355 e. The zero-order valence-corrected chi connectivity index (χ0v) is 13.0. The molecular weight excluding hydrogens is 276 g/mol. The Morgan fingerprint density at radius 2 is 1.85 bits per heavy atom. The van der Waals surface area contributed by atoms with Crippen LogP contribution in [0.25, 0.3) is 0 Å². The predicted molar refractivity (Wildman–Crippen MR) is 78.7 cm³/mol. The van der Waals surface area contributed by atoms with Gasteiger partial charge >= 0.3 is 0 Å². The first-order valence-corrected chi connectivity index (χ1v) is 8.06. The molecule has 1 aromatic rings. The Kier molecular flexibility index (Phi) is 6.16. The van der Waals surface area contributed by atoms with Crippen molar-refractivity contribution in [1.29, 1.82) is 0 Å². The third-order valence-corrected chi connectivity index (χ3v) is 4.68. The fourth-order valence-electron chi connectivity index (χ4n) is 1.62. The lowest BCUT2D eigenvalue weighted by atomic mass is 10.1. The smallest absolute Gasteiger partial charge is 0.243 e. The summed E-state index contributed by atoms with van der Waals surface area (Å²) in [5.74, 6) is 0.216. The summed E-state index contributed by atoms with van der Waals surface area (Å²) in [5, 5.41) is 2.72. The van der Waals surface area contributed by atoms with E-state index in [0.29, 0.717) is 12.5 Å². The maximum absolute atomic E-state index is 12.2. The summed E-state index contributed by atoms with van der Waals surface area (Å²) in [6.45, 7) is 4.53. The first-order chi connectivity index (χ1) is 9.34. The Hall–Kier alpha value is -1.40. The molecule has 1 amide bonds. The van der Waals surface area contributed by atoms with E-state index in [1.165, 1.54) is 19.2 Å². The van der Waals surface area contributed by atoms with Gasteiger partial charge in [0, 0.05) is 13.6 Å². The van der Waals surface area contributed by atoms with E-state index in [9.17, 15) is 13.2 Å². The number of amides is 1. The van der Waals surface area contributed by atoms with Crippen molar-refractivity contribution in [2.75, 3.05) is 20.1 Å². The number of rotatable bonds is 7. The molecule has 6 heteroatoms. The predicted octanol–water partition coefficient (Wildman–Crippen LogP) is 1.47. The number of carbonyl (C=O) groups is 1. The van der Waals surface area contributed by atoms with E-state index in [2.05, 4.69) is 19.2 Å². The van der Waals surface area contributed by atoms with Gasteiger partial charge in [-0.1, -0.05) is 32.0 Å². The number of nitrogens with zero attached hydrogens (tertiary/aromatic N) is 1. The molecule has 0 aliphatic carbocycles. The quantitative estimate of drug-likeness (QED) is 0.829. The molecule has 20 heavy (non-hydrogen) atoms. The highest BCUT2D eigenvalue weighted by atomic mass is 32.2. The minimum atomic E-state index is -3.60. The fourth-order valence-corrected chi connectivity index (χ4v) is 2.76. The lowest BCUT2D eigenvalue weighted by Gasteiger charge is -2.17. The monoisotopic (exact) mass is 298 g/mol. The van der Waals surface area contributed by atoms with E-state index in [0.717, 1.165) is 10.7 Å². The molecule has 0 aliphatic heterocycles. The van der Waals surface area contributed by atoms with Gasteiger partial charge < -0.3 is 5.32 Å². The van der Waals surface area contributed by atoms with Crippen molar-refractivity contribution in [2.45, 2.75) is 25.2 Å². The number of nitrogens with one attached hydrogen (secondary N) is 1. The summed E-state index contributed by atoms with van der Waals surface area (Å²) in [7, 11) is -2.20. The zero-order chi connectivity index (χ0) is 15.2. The van der Waals surface area contributed by atoms with Gasteiger partial charge in [-0.3, -0.25) is 4.79 Å². The SMILES string of the molecule is CC(C)CCNC(=O)CN(C)S(=O)(=O)c1ccccc1. The summed E-state index contributed by atoms with van der Waals surface area (Å²) in [6, 6.07) is 8.09. The van der Waals surface area contributed by atoms with Gasteiger partial charge in [0.1, 0.15) is 0 Å². The van der Waals surface area contributed by atoms with Crippen LogP contribution in [0.2, 0.25) is 0 Å². The molecule has 0 unspecified atom stereocenters. The maximum atomic E-state index is 12.2. The van der Waals surface area contributed by atoms with Crippen LogP contribution in [0.4, 0.5) is 0 Å². The third-order valence-electron chi connectivity index (χ3n) is 2.86. The first-order valence-electron chi connectivity index (χ1n) is 6.62. The molecule has 0 aromatic heterocycles. The van der Waals surface area contributed by atoms with Crippen LogP contribution in [0.5, 0.6) is 0 Å². The number of benzene rings is 1. The highest BCUT2D eigenvalue weighted by molar-refractivity contribution is 7.89. The molecule has 1 N–H and O–H groups in total. The van der Waals surface area contributed by atoms with Gasteiger partial charge in [0.25, 0.3) is 0 Å². The van der Waals surface area contributed by atoms with Crippen molar-refractivity contribution in [1.82, 2.24) is 9.62 Å². The second kappa shape index (κ2) is 7.40. The number of hydrogen-bond donors (Lipinski definition) is 1.